The average Bonchev–Trinajstić information content (AvgIpc) is 2.66. The lowest BCUT2D eigenvalue weighted by Gasteiger charge is -2.12. The number of rotatable bonds is 9. The molecule has 0 bridgehead atoms. The highest BCUT2D eigenvalue weighted by Crippen LogP contribution is 2.08. The minimum atomic E-state index is 0.493. The molecule has 0 aliphatic rings. The second kappa shape index (κ2) is 10.9. The molecule has 0 amide bonds. The SMILES string of the molecule is CCNC(=NCc1cccc(OC)n1)NCCCOc1ccccc1. The lowest BCUT2D eigenvalue weighted by Crippen LogP contribution is -2.38. The zero-order valence-corrected chi connectivity index (χ0v) is 14.9. The molecule has 6 heteroatoms. The average molecular weight is 342 g/mol. The first-order valence-electron chi connectivity index (χ1n) is 8.51. The fourth-order valence-electron chi connectivity index (χ4n) is 2.15. The molecule has 25 heavy (non-hydrogen) atoms. The number of ether oxygens (including phenoxy) is 2. The third-order valence-corrected chi connectivity index (χ3v) is 3.36. The van der Waals surface area contributed by atoms with Crippen molar-refractivity contribution in [3.8, 4) is 11.6 Å². The van der Waals surface area contributed by atoms with Crippen LogP contribution in [0.4, 0.5) is 0 Å². The first-order valence-corrected chi connectivity index (χ1v) is 8.51. The first-order chi connectivity index (χ1) is 12.3. The quantitative estimate of drug-likeness (QED) is 0.416. The third-order valence-electron chi connectivity index (χ3n) is 3.36. The van der Waals surface area contributed by atoms with E-state index in [1.807, 2.05) is 55.5 Å². The minimum absolute atomic E-state index is 0.493. The maximum absolute atomic E-state index is 5.68. The van der Waals surface area contributed by atoms with Gasteiger partial charge in [0.2, 0.25) is 5.88 Å². The van der Waals surface area contributed by atoms with Crippen LogP contribution in [0.1, 0.15) is 19.0 Å². The van der Waals surface area contributed by atoms with E-state index >= 15 is 0 Å². The monoisotopic (exact) mass is 342 g/mol. The number of hydrogen-bond acceptors (Lipinski definition) is 4. The van der Waals surface area contributed by atoms with Crippen molar-refractivity contribution in [2.45, 2.75) is 19.9 Å². The molecule has 134 valence electrons. The van der Waals surface area contributed by atoms with Gasteiger partial charge in [-0.2, -0.15) is 0 Å². The van der Waals surface area contributed by atoms with E-state index in [2.05, 4.69) is 20.6 Å². The zero-order chi connectivity index (χ0) is 17.7. The molecular formula is C19H26N4O2. The molecule has 0 radical (unpaired) electrons. The molecule has 0 aliphatic carbocycles. The van der Waals surface area contributed by atoms with Gasteiger partial charge in [-0.1, -0.05) is 24.3 Å². The number of nitrogens with zero attached hydrogens (tertiary/aromatic N) is 2. The van der Waals surface area contributed by atoms with E-state index in [1.54, 1.807) is 7.11 Å². The smallest absolute Gasteiger partial charge is 0.213 e. The van der Waals surface area contributed by atoms with Crippen LogP contribution >= 0.6 is 0 Å². The number of nitrogens with one attached hydrogen (secondary N) is 2. The van der Waals surface area contributed by atoms with Crippen LogP contribution in [0.15, 0.2) is 53.5 Å². The minimum Gasteiger partial charge on any atom is -0.494 e. The van der Waals surface area contributed by atoms with Crippen molar-refractivity contribution in [1.82, 2.24) is 15.6 Å². The molecule has 0 aliphatic heterocycles. The zero-order valence-electron chi connectivity index (χ0n) is 14.9. The molecule has 1 aromatic carbocycles. The van der Waals surface area contributed by atoms with Gasteiger partial charge in [0.25, 0.3) is 0 Å². The van der Waals surface area contributed by atoms with E-state index in [1.165, 1.54) is 0 Å². The summed E-state index contributed by atoms with van der Waals surface area (Å²) in [5.41, 5.74) is 0.865. The van der Waals surface area contributed by atoms with E-state index < -0.39 is 0 Å². The van der Waals surface area contributed by atoms with Crippen LogP contribution in [0, 0.1) is 0 Å². The number of methoxy groups -OCH3 is 1. The van der Waals surface area contributed by atoms with Crippen molar-refractivity contribution < 1.29 is 9.47 Å². The Bertz CT molecular complexity index is 647. The van der Waals surface area contributed by atoms with Crippen LogP contribution in [-0.2, 0) is 6.54 Å². The van der Waals surface area contributed by atoms with Gasteiger partial charge in [-0.25, -0.2) is 9.98 Å². The molecule has 0 atom stereocenters. The Morgan fingerprint density at radius 2 is 1.92 bits per heavy atom. The number of benzene rings is 1. The summed E-state index contributed by atoms with van der Waals surface area (Å²) in [4.78, 5) is 8.91. The molecule has 6 nitrogen and oxygen atoms in total. The third kappa shape index (κ3) is 7.12. The summed E-state index contributed by atoms with van der Waals surface area (Å²) >= 11 is 0. The highest BCUT2D eigenvalue weighted by atomic mass is 16.5. The van der Waals surface area contributed by atoms with Crippen LogP contribution in [0.5, 0.6) is 11.6 Å². The Labute approximate surface area is 149 Å². The van der Waals surface area contributed by atoms with Gasteiger partial charge in [0.15, 0.2) is 5.96 Å². The lowest BCUT2D eigenvalue weighted by molar-refractivity contribution is 0.311. The van der Waals surface area contributed by atoms with Gasteiger partial charge in [0.1, 0.15) is 5.75 Å². The first kappa shape index (κ1) is 18.6. The Morgan fingerprint density at radius 3 is 2.68 bits per heavy atom. The van der Waals surface area contributed by atoms with E-state index in [0.717, 1.165) is 36.9 Å². The summed E-state index contributed by atoms with van der Waals surface area (Å²) in [7, 11) is 1.61. The molecule has 1 aromatic heterocycles. The maximum atomic E-state index is 5.68. The molecule has 2 N–H and O–H groups in total. The van der Waals surface area contributed by atoms with Crippen molar-refractivity contribution in [1.29, 1.82) is 0 Å². The number of para-hydroxylation sites is 1. The Morgan fingerprint density at radius 1 is 1.08 bits per heavy atom. The van der Waals surface area contributed by atoms with Crippen LogP contribution in [0.25, 0.3) is 0 Å². The van der Waals surface area contributed by atoms with Crippen molar-refractivity contribution >= 4 is 5.96 Å². The van der Waals surface area contributed by atoms with Crippen LogP contribution in [-0.4, -0.2) is 37.7 Å². The van der Waals surface area contributed by atoms with Crippen LogP contribution in [0.2, 0.25) is 0 Å². The molecule has 0 fully saturated rings. The molecule has 0 spiro atoms. The van der Waals surface area contributed by atoms with E-state index in [4.69, 9.17) is 9.47 Å². The molecular weight excluding hydrogens is 316 g/mol. The second-order valence-corrected chi connectivity index (χ2v) is 5.31. The Kier molecular flexibility index (Phi) is 8.11. The summed E-state index contributed by atoms with van der Waals surface area (Å²) in [5.74, 6) is 2.27. The molecule has 2 aromatic rings. The van der Waals surface area contributed by atoms with E-state index in [9.17, 15) is 0 Å². The topological polar surface area (TPSA) is 67.8 Å². The van der Waals surface area contributed by atoms with Gasteiger partial charge >= 0.3 is 0 Å². The molecule has 1 heterocycles. The number of guanidine groups is 1. The van der Waals surface area contributed by atoms with Gasteiger partial charge < -0.3 is 20.1 Å². The fourth-order valence-corrected chi connectivity index (χ4v) is 2.15. The summed E-state index contributed by atoms with van der Waals surface area (Å²) in [6.45, 7) is 4.78. The molecule has 2 rings (SSSR count). The Hall–Kier alpha value is -2.76. The van der Waals surface area contributed by atoms with Crippen molar-refractivity contribution in [3.05, 3.63) is 54.2 Å². The van der Waals surface area contributed by atoms with Gasteiger partial charge in [-0.05, 0) is 31.5 Å². The number of aliphatic imine (C=N–C) groups is 1. The van der Waals surface area contributed by atoms with Crippen molar-refractivity contribution in [2.75, 3.05) is 26.8 Å². The van der Waals surface area contributed by atoms with Gasteiger partial charge in [-0.15, -0.1) is 0 Å². The lowest BCUT2D eigenvalue weighted by atomic mass is 10.3. The summed E-state index contributed by atoms with van der Waals surface area (Å²) in [5, 5.41) is 6.53. The molecule has 0 saturated heterocycles. The van der Waals surface area contributed by atoms with Crippen LogP contribution < -0.4 is 20.1 Å². The standard InChI is InChI=1S/C19H26N4O2/c1-3-20-19(22-15-16-9-7-12-18(23-16)24-2)21-13-8-14-25-17-10-5-4-6-11-17/h4-7,9-12H,3,8,13-15H2,1-2H3,(H2,20,21,22). The predicted molar refractivity (Wildman–Crippen MR) is 100 cm³/mol. The largest absolute Gasteiger partial charge is 0.494 e. The number of hydrogen-bond donors (Lipinski definition) is 2. The maximum Gasteiger partial charge on any atom is 0.213 e. The normalized spacial score (nSPS) is 11.0. The van der Waals surface area contributed by atoms with E-state index in [-0.39, 0.29) is 0 Å². The van der Waals surface area contributed by atoms with Gasteiger partial charge in [0, 0.05) is 19.2 Å². The fraction of sp³-hybridized carbons (Fsp3) is 0.368. The number of aromatic nitrogens is 1. The molecule has 0 saturated carbocycles. The summed E-state index contributed by atoms with van der Waals surface area (Å²) in [6, 6.07) is 15.5. The van der Waals surface area contributed by atoms with E-state index in [0.29, 0.717) is 19.0 Å². The summed E-state index contributed by atoms with van der Waals surface area (Å²) in [6.07, 6.45) is 0.886. The predicted octanol–water partition coefficient (Wildman–Crippen LogP) is 2.61. The van der Waals surface area contributed by atoms with Crippen molar-refractivity contribution in [3.63, 3.8) is 0 Å². The Balaban J connectivity index is 1.75. The summed E-state index contributed by atoms with van der Waals surface area (Å²) < 4.78 is 10.8. The van der Waals surface area contributed by atoms with Gasteiger partial charge in [-0.3, -0.25) is 0 Å². The number of pyridine rings is 1. The highest BCUT2D eigenvalue weighted by molar-refractivity contribution is 5.79. The van der Waals surface area contributed by atoms with Crippen molar-refractivity contribution in [2.24, 2.45) is 4.99 Å². The van der Waals surface area contributed by atoms with Gasteiger partial charge in [0.05, 0.1) is 26.0 Å². The second-order valence-electron chi connectivity index (χ2n) is 5.31. The van der Waals surface area contributed by atoms with Crippen LogP contribution in [0.3, 0.4) is 0 Å². The molecule has 0 unspecified atom stereocenters. The highest BCUT2D eigenvalue weighted by Gasteiger charge is 2.00.